The Hall–Kier alpha value is -1.18. The van der Waals surface area contributed by atoms with Gasteiger partial charge in [-0.25, -0.2) is 0 Å². The second-order valence-electron chi connectivity index (χ2n) is 2.50. The number of carbonyl (C=O) groups is 1. The molecule has 0 unspecified atom stereocenters. The number of Topliss-reactive ketones (excluding diaryl/α,β-unsaturated/α-hetero) is 1. The minimum absolute atomic E-state index is 0.0150. The van der Waals surface area contributed by atoms with Crippen LogP contribution in [0.15, 0.2) is 29.9 Å². The Balaban J connectivity index is 4.15. The standard InChI is InChI=1S/C9H13NO/c1-5-10-6-8(4)9(11)7(2)3/h5-7H,1,4H2,2-3H3. The first-order valence-electron chi connectivity index (χ1n) is 3.46. The van der Waals surface area contributed by atoms with E-state index in [2.05, 4.69) is 18.2 Å². The number of carbonyl (C=O) groups excluding carboxylic acids is 1. The second kappa shape index (κ2) is 4.61. The highest BCUT2D eigenvalue weighted by molar-refractivity contribution is 6.13. The highest BCUT2D eigenvalue weighted by Gasteiger charge is 2.08. The zero-order valence-electron chi connectivity index (χ0n) is 7.00. The smallest absolute Gasteiger partial charge is 0.166 e. The first-order chi connectivity index (χ1) is 5.09. The van der Waals surface area contributed by atoms with Gasteiger partial charge in [0.15, 0.2) is 5.78 Å². The zero-order valence-corrected chi connectivity index (χ0v) is 7.00. The summed E-state index contributed by atoms with van der Waals surface area (Å²) in [5.74, 6) is 0.00867. The number of hydrogen-bond donors (Lipinski definition) is 0. The molecule has 0 aliphatic carbocycles. The topological polar surface area (TPSA) is 29.4 Å². The molecule has 0 radical (unpaired) electrons. The van der Waals surface area contributed by atoms with Crippen LogP contribution >= 0.6 is 0 Å². The monoisotopic (exact) mass is 151 g/mol. The van der Waals surface area contributed by atoms with Crippen molar-refractivity contribution in [2.75, 3.05) is 0 Å². The Morgan fingerprint density at radius 3 is 2.45 bits per heavy atom. The van der Waals surface area contributed by atoms with E-state index < -0.39 is 0 Å². The Morgan fingerprint density at radius 2 is 2.09 bits per heavy atom. The van der Waals surface area contributed by atoms with Crippen LogP contribution in [0.1, 0.15) is 13.8 Å². The SMILES string of the molecule is C=CN=CC(=C)C(=O)C(C)C. The van der Waals surface area contributed by atoms with Gasteiger partial charge in [0.1, 0.15) is 0 Å². The van der Waals surface area contributed by atoms with Gasteiger partial charge in [0.05, 0.1) is 0 Å². The number of aliphatic imine (C=N–C) groups is 1. The van der Waals surface area contributed by atoms with Gasteiger partial charge in [-0.3, -0.25) is 9.79 Å². The van der Waals surface area contributed by atoms with E-state index in [1.54, 1.807) is 0 Å². The molecule has 0 amide bonds. The molecule has 2 nitrogen and oxygen atoms in total. The molecule has 0 heterocycles. The normalized spacial score (nSPS) is 10.5. The van der Waals surface area contributed by atoms with Crippen molar-refractivity contribution >= 4 is 12.0 Å². The number of rotatable bonds is 4. The van der Waals surface area contributed by atoms with E-state index in [4.69, 9.17) is 0 Å². The van der Waals surface area contributed by atoms with E-state index in [0.29, 0.717) is 5.57 Å². The molecule has 0 N–H and O–H groups in total. The molecule has 0 aromatic carbocycles. The fraction of sp³-hybridized carbons (Fsp3) is 0.333. The molecule has 0 saturated heterocycles. The van der Waals surface area contributed by atoms with Crippen molar-refractivity contribution in [2.24, 2.45) is 10.9 Å². The molecule has 0 spiro atoms. The quantitative estimate of drug-likeness (QED) is 0.446. The Bertz CT molecular complexity index is 202. The van der Waals surface area contributed by atoms with Crippen LogP contribution in [-0.2, 0) is 4.79 Å². The molecule has 0 fully saturated rings. The summed E-state index contributed by atoms with van der Waals surface area (Å²) in [6.07, 6.45) is 2.80. The van der Waals surface area contributed by atoms with Crippen LogP contribution in [0.25, 0.3) is 0 Å². The lowest BCUT2D eigenvalue weighted by Crippen LogP contribution is -2.09. The van der Waals surface area contributed by atoms with E-state index in [-0.39, 0.29) is 11.7 Å². The van der Waals surface area contributed by atoms with Gasteiger partial charge >= 0.3 is 0 Å². The summed E-state index contributed by atoms with van der Waals surface area (Å²) in [5, 5.41) is 0. The largest absolute Gasteiger partial charge is 0.294 e. The summed E-state index contributed by atoms with van der Waals surface area (Å²) < 4.78 is 0. The van der Waals surface area contributed by atoms with Gasteiger partial charge in [0, 0.05) is 23.9 Å². The van der Waals surface area contributed by atoms with Crippen LogP contribution in [-0.4, -0.2) is 12.0 Å². The molecule has 0 rings (SSSR count). The van der Waals surface area contributed by atoms with E-state index in [9.17, 15) is 4.79 Å². The van der Waals surface area contributed by atoms with E-state index in [1.807, 2.05) is 13.8 Å². The minimum Gasteiger partial charge on any atom is -0.294 e. The summed E-state index contributed by atoms with van der Waals surface area (Å²) in [7, 11) is 0. The predicted molar refractivity (Wildman–Crippen MR) is 47.7 cm³/mol. The average molecular weight is 151 g/mol. The van der Waals surface area contributed by atoms with Gasteiger partial charge in [0.2, 0.25) is 0 Å². The highest BCUT2D eigenvalue weighted by atomic mass is 16.1. The number of hydrogen-bond acceptors (Lipinski definition) is 2. The predicted octanol–water partition coefficient (Wildman–Crippen LogP) is 1.98. The molecule has 60 valence electrons. The van der Waals surface area contributed by atoms with Crippen molar-refractivity contribution in [1.82, 2.24) is 0 Å². The van der Waals surface area contributed by atoms with Crippen molar-refractivity contribution < 1.29 is 4.79 Å². The van der Waals surface area contributed by atoms with Crippen molar-refractivity contribution in [1.29, 1.82) is 0 Å². The van der Waals surface area contributed by atoms with Crippen LogP contribution in [0.2, 0.25) is 0 Å². The number of ketones is 1. The zero-order chi connectivity index (χ0) is 8.85. The molecule has 0 atom stereocenters. The van der Waals surface area contributed by atoms with Crippen LogP contribution in [0.5, 0.6) is 0 Å². The molecule has 0 aromatic heterocycles. The maximum Gasteiger partial charge on any atom is 0.166 e. The van der Waals surface area contributed by atoms with Crippen molar-refractivity contribution in [3.05, 3.63) is 24.9 Å². The molecular formula is C9H13NO. The highest BCUT2D eigenvalue weighted by Crippen LogP contribution is 2.01. The van der Waals surface area contributed by atoms with E-state index in [1.165, 1.54) is 12.4 Å². The lowest BCUT2D eigenvalue weighted by Gasteiger charge is -2.00. The lowest BCUT2D eigenvalue weighted by molar-refractivity contribution is -0.117. The molecule has 2 heteroatoms. The molecule has 0 aliphatic rings. The Morgan fingerprint density at radius 1 is 1.55 bits per heavy atom. The van der Waals surface area contributed by atoms with Gasteiger partial charge in [-0.2, -0.15) is 0 Å². The first kappa shape index (κ1) is 9.82. The molecular weight excluding hydrogens is 138 g/mol. The number of allylic oxidation sites excluding steroid dienone is 1. The van der Waals surface area contributed by atoms with Gasteiger partial charge in [-0.15, -0.1) is 0 Å². The van der Waals surface area contributed by atoms with Gasteiger partial charge in [-0.1, -0.05) is 27.0 Å². The third kappa shape index (κ3) is 3.50. The van der Waals surface area contributed by atoms with E-state index in [0.717, 1.165) is 0 Å². The van der Waals surface area contributed by atoms with Crippen molar-refractivity contribution in [3.63, 3.8) is 0 Å². The fourth-order valence-corrected chi connectivity index (χ4v) is 0.577. The van der Waals surface area contributed by atoms with Gasteiger partial charge < -0.3 is 0 Å². The Labute approximate surface area is 67.3 Å². The van der Waals surface area contributed by atoms with Crippen LogP contribution in [0, 0.1) is 5.92 Å². The summed E-state index contributed by atoms with van der Waals surface area (Å²) in [4.78, 5) is 14.8. The lowest BCUT2D eigenvalue weighted by atomic mass is 10.0. The van der Waals surface area contributed by atoms with Gasteiger partial charge in [-0.05, 0) is 0 Å². The molecule has 0 bridgehead atoms. The third-order valence-corrected chi connectivity index (χ3v) is 1.18. The van der Waals surface area contributed by atoms with Crippen LogP contribution in [0.4, 0.5) is 0 Å². The Kier molecular flexibility index (Phi) is 4.11. The maximum absolute atomic E-state index is 11.1. The summed E-state index contributed by atoms with van der Waals surface area (Å²) in [6.45, 7) is 10.6. The van der Waals surface area contributed by atoms with Gasteiger partial charge in [0.25, 0.3) is 0 Å². The van der Waals surface area contributed by atoms with E-state index >= 15 is 0 Å². The van der Waals surface area contributed by atoms with Crippen LogP contribution in [0.3, 0.4) is 0 Å². The first-order valence-corrected chi connectivity index (χ1v) is 3.46. The molecule has 0 aromatic rings. The summed E-state index contributed by atoms with van der Waals surface area (Å²) in [6, 6.07) is 0. The number of nitrogens with zero attached hydrogens (tertiary/aromatic N) is 1. The third-order valence-electron chi connectivity index (χ3n) is 1.18. The summed E-state index contributed by atoms with van der Waals surface area (Å²) in [5.41, 5.74) is 0.430. The molecule has 0 aliphatic heterocycles. The van der Waals surface area contributed by atoms with Crippen molar-refractivity contribution in [2.45, 2.75) is 13.8 Å². The molecule has 0 saturated carbocycles. The average Bonchev–Trinajstić information content (AvgIpc) is 1.98. The molecule has 11 heavy (non-hydrogen) atoms. The fourth-order valence-electron chi connectivity index (χ4n) is 0.577. The maximum atomic E-state index is 11.1. The van der Waals surface area contributed by atoms with Crippen molar-refractivity contribution in [3.8, 4) is 0 Å². The second-order valence-corrected chi connectivity index (χ2v) is 2.50. The summed E-state index contributed by atoms with van der Waals surface area (Å²) >= 11 is 0. The minimum atomic E-state index is -0.0150. The van der Waals surface area contributed by atoms with Crippen LogP contribution < -0.4 is 0 Å².